The van der Waals surface area contributed by atoms with Crippen molar-refractivity contribution in [1.82, 2.24) is 15.6 Å². The smallest absolute Gasteiger partial charge is 0.328 e. The molecular weight excluding hydrogens is 370 g/mol. The van der Waals surface area contributed by atoms with E-state index in [0.29, 0.717) is 18.5 Å². The zero-order valence-corrected chi connectivity index (χ0v) is 16.1. The third-order valence-corrected chi connectivity index (χ3v) is 4.47. The van der Waals surface area contributed by atoms with Crippen LogP contribution in [0.2, 0.25) is 0 Å². The van der Waals surface area contributed by atoms with Gasteiger partial charge in [0.2, 0.25) is 0 Å². The zero-order chi connectivity index (χ0) is 20.6. The molecule has 0 spiro atoms. The highest BCUT2D eigenvalue weighted by molar-refractivity contribution is 5.96. The van der Waals surface area contributed by atoms with Gasteiger partial charge in [-0.3, -0.25) is 9.59 Å². The number of carbonyl (C=O) groups excluding carboxylic acids is 3. The van der Waals surface area contributed by atoms with Crippen molar-refractivity contribution in [3.8, 4) is 0 Å². The van der Waals surface area contributed by atoms with Crippen LogP contribution in [0.5, 0.6) is 0 Å². The van der Waals surface area contributed by atoms with Gasteiger partial charge >= 0.3 is 5.97 Å². The van der Waals surface area contributed by atoms with Crippen molar-refractivity contribution in [2.75, 3.05) is 13.2 Å². The molecule has 150 valence electrons. The highest BCUT2D eigenvalue weighted by Gasteiger charge is 2.19. The third-order valence-electron chi connectivity index (χ3n) is 4.47. The molecule has 1 heterocycles. The normalized spacial score (nSPS) is 11.6. The highest BCUT2D eigenvalue weighted by Crippen LogP contribution is 2.17. The first-order valence-corrected chi connectivity index (χ1v) is 9.39. The van der Waals surface area contributed by atoms with Crippen LogP contribution < -0.4 is 10.6 Å². The Hall–Kier alpha value is -3.61. The van der Waals surface area contributed by atoms with Gasteiger partial charge in [-0.25, -0.2) is 4.79 Å². The summed E-state index contributed by atoms with van der Waals surface area (Å²) < 4.78 is 4.99. The summed E-state index contributed by atoms with van der Waals surface area (Å²) in [6, 6.07) is 15.6. The summed E-state index contributed by atoms with van der Waals surface area (Å²) in [5, 5.41) is 6.40. The number of rotatable bonds is 8. The number of benzene rings is 2. The quantitative estimate of drug-likeness (QED) is 0.511. The van der Waals surface area contributed by atoms with Gasteiger partial charge in [0.15, 0.2) is 6.61 Å². The number of hydrogen-bond donors (Lipinski definition) is 3. The van der Waals surface area contributed by atoms with Gasteiger partial charge in [-0.15, -0.1) is 0 Å². The second kappa shape index (κ2) is 9.54. The molecule has 2 aromatic carbocycles. The van der Waals surface area contributed by atoms with Crippen molar-refractivity contribution in [3.63, 3.8) is 0 Å². The molecule has 0 radical (unpaired) electrons. The maximum Gasteiger partial charge on any atom is 0.328 e. The fourth-order valence-electron chi connectivity index (χ4n) is 2.92. The molecule has 7 heteroatoms. The first kappa shape index (κ1) is 20.1. The molecule has 3 N–H and O–H groups in total. The van der Waals surface area contributed by atoms with Crippen LogP contribution in [0.3, 0.4) is 0 Å². The summed E-state index contributed by atoms with van der Waals surface area (Å²) >= 11 is 0. The van der Waals surface area contributed by atoms with Gasteiger partial charge in [-0.2, -0.15) is 0 Å². The molecule has 0 aliphatic rings. The molecule has 1 atom stereocenters. The van der Waals surface area contributed by atoms with E-state index in [-0.39, 0.29) is 11.8 Å². The van der Waals surface area contributed by atoms with Crippen LogP contribution in [0.15, 0.2) is 60.8 Å². The number of esters is 1. The molecule has 0 unspecified atom stereocenters. The molecule has 0 aliphatic carbocycles. The Morgan fingerprint density at radius 1 is 1.03 bits per heavy atom. The van der Waals surface area contributed by atoms with E-state index in [1.165, 1.54) is 6.92 Å². The van der Waals surface area contributed by atoms with Crippen LogP contribution >= 0.6 is 0 Å². The van der Waals surface area contributed by atoms with Crippen molar-refractivity contribution in [1.29, 1.82) is 0 Å². The number of fused-ring (bicyclic) bond motifs is 1. The number of aromatic nitrogens is 1. The number of aromatic amines is 1. The summed E-state index contributed by atoms with van der Waals surface area (Å²) in [5.74, 6) is -1.43. The number of carbonyl (C=O) groups is 3. The summed E-state index contributed by atoms with van der Waals surface area (Å²) in [6.07, 6.45) is 2.58. The molecule has 3 rings (SSSR count). The number of ether oxygens (including phenoxy) is 1. The first-order chi connectivity index (χ1) is 14.0. The van der Waals surface area contributed by atoms with E-state index in [0.717, 1.165) is 16.5 Å². The van der Waals surface area contributed by atoms with Crippen molar-refractivity contribution >= 4 is 28.7 Å². The molecule has 3 aromatic rings. The molecule has 29 heavy (non-hydrogen) atoms. The zero-order valence-electron chi connectivity index (χ0n) is 16.1. The molecule has 2 amide bonds. The molecule has 0 bridgehead atoms. The molecule has 0 fully saturated rings. The number of amides is 2. The van der Waals surface area contributed by atoms with Crippen molar-refractivity contribution < 1.29 is 19.1 Å². The predicted octanol–water partition coefficient (Wildman–Crippen LogP) is 2.19. The van der Waals surface area contributed by atoms with Gasteiger partial charge in [-0.05, 0) is 37.1 Å². The Morgan fingerprint density at radius 3 is 2.55 bits per heavy atom. The summed E-state index contributed by atoms with van der Waals surface area (Å²) in [4.78, 5) is 39.2. The molecule has 0 aliphatic heterocycles. The van der Waals surface area contributed by atoms with E-state index < -0.39 is 18.6 Å². The summed E-state index contributed by atoms with van der Waals surface area (Å²) in [5.41, 5.74) is 2.60. The predicted molar refractivity (Wildman–Crippen MR) is 109 cm³/mol. The lowest BCUT2D eigenvalue weighted by Crippen LogP contribution is -2.41. The summed E-state index contributed by atoms with van der Waals surface area (Å²) in [7, 11) is 0. The largest absolute Gasteiger partial charge is 0.454 e. The lowest BCUT2D eigenvalue weighted by Gasteiger charge is -2.13. The lowest BCUT2D eigenvalue weighted by molar-refractivity contribution is -0.150. The number of nitrogens with one attached hydrogen (secondary N) is 3. The van der Waals surface area contributed by atoms with Crippen LogP contribution in [-0.2, 0) is 20.7 Å². The molecule has 0 saturated carbocycles. The number of hydrogen-bond acceptors (Lipinski definition) is 4. The van der Waals surface area contributed by atoms with E-state index in [9.17, 15) is 14.4 Å². The topological polar surface area (TPSA) is 100 Å². The molecule has 0 saturated heterocycles. The van der Waals surface area contributed by atoms with Gasteiger partial charge in [0.1, 0.15) is 6.04 Å². The van der Waals surface area contributed by atoms with E-state index in [1.54, 1.807) is 30.3 Å². The third kappa shape index (κ3) is 5.44. The Bertz CT molecular complexity index is 997. The minimum atomic E-state index is -0.860. The Morgan fingerprint density at radius 2 is 1.76 bits per heavy atom. The van der Waals surface area contributed by atoms with E-state index in [1.807, 2.05) is 30.5 Å². The standard InChI is InChI=1S/C22H23N3O4/c1-15(25-21(27)16-7-3-2-4-8-16)22(28)29-14-20(26)23-12-11-17-13-24-19-10-6-5-9-18(17)19/h2-10,13,15,24H,11-12,14H2,1H3,(H,23,26)(H,25,27)/t15-/m0/s1. The Labute approximate surface area is 168 Å². The van der Waals surface area contributed by atoms with Gasteiger partial charge in [0.05, 0.1) is 0 Å². The van der Waals surface area contributed by atoms with Gasteiger partial charge in [-0.1, -0.05) is 36.4 Å². The SMILES string of the molecule is C[C@H](NC(=O)c1ccccc1)C(=O)OCC(=O)NCCc1c[nH]c2ccccc12. The lowest BCUT2D eigenvalue weighted by atomic mass is 10.1. The van der Waals surface area contributed by atoms with Crippen LogP contribution in [0.1, 0.15) is 22.8 Å². The Balaban J connectivity index is 1.38. The fraction of sp³-hybridized carbons (Fsp3) is 0.227. The van der Waals surface area contributed by atoms with E-state index in [4.69, 9.17) is 4.74 Å². The van der Waals surface area contributed by atoms with Gasteiger partial charge in [0, 0.05) is 29.2 Å². The molecule has 7 nitrogen and oxygen atoms in total. The highest BCUT2D eigenvalue weighted by atomic mass is 16.5. The minimum Gasteiger partial charge on any atom is -0.454 e. The Kier molecular flexibility index (Phi) is 6.63. The number of H-pyrrole nitrogens is 1. The van der Waals surface area contributed by atoms with Crippen molar-refractivity contribution in [3.05, 3.63) is 71.9 Å². The average molecular weight is 393 g/mol. The molecule has 1 aromatic heterocycles. The van der Waals surface area contributed by atoms with E-state index in [2.05, 4.69) is 15.6 Å². The monoisotopic (exact) mass is 393 g/mol. The fourth-order valence-corrected chi connectivity index (χ4v) is 2.92. The molecular formula is C22H23N3O4. The van der Waals surface area contributed by atoms with Crippen LogP contribution in [0, 0.1) is 0 Å². The first-order valence-electron chi connectivity index (χ1n) is 9.39. The number of para-hydroxylation sites is 1. The second-order valence-corrected chi connectivity index (χ2v) is 6.63. The maximum absolute atomic E-state index is 12.0. The maximum atomic E-state index is 12.0. The van der Waals surface area contributed by atoms with Crippen molar-refractivity contribution in [2.45, 2.75) is 19.4 Å². The van der Waals surface area contributed by atoms with E-state index >= 15 is 0 Å². The van der Waals surface area contributed by atoms with Crippen LogP contribution in [-0.4, -0.2) is 42.0 Å². The summed E-state index contributed by atoms with van der Waals surface area (Å²) in [6.45, 7) is 1.55. The van der Waals surface area contributed by atoms with Crippen molar-refractivity contribution in [2.24, 2.45) is 0 Å². The van der Waals surface area contributed by atoms with Crippen LogP contribution in [0.25, 0.3) is 10.9 Å². The van der Waals surface area contributed by atoms with Gasteiger partial charge < -0.3 is 20.4 Å². The van der Waals surface area contributed by atoms with Crippen LogP contribution in [0.4, 0.5) is 0 Å². The second-order valence-electron chi connectivity index (χ2n) is 6.63. The van der Waals surface area contributed by atoms with Gasteiger partial charge in [0.25, 0.3) is 11.8 Å². The average Bonchev–Trinajstić information content (AvgIpc) is 3.15. The minimum absolute atomic E-state index is 0.377.